The predicted octanol–water partition coefficient (Wildman–Crippen LogP) is 3.81. The average Bonchev–Trinajstić information content (AvgIpc) is 2.46. The van der Waals surface area contributed by atoms with E-state index >= 15 is 0 Å². The Hall–Kier alpha value is -0.630. The van der Waals surface area contributed by atoms with E-state index in [1.54, 1.807) is 7.11 Å². The first kappa shape index (κ1) is 15.8. The second kappa shape index (κ2) is 7.40. The lowest BCUT2D eigenvalue weighted by atomic mass is 9.99. The lowest BCUT2D eigenvalue weighted by Crippen LogP contribution is -2.29. The van der Waals surface area contributed by atoms with E-state index in [-0.39, 0.29) is 6.04 Å². The molecule has 3 nitrogen and oxygen atoms in total. The summed E-state index contributed by atoms with van der Waals surface area (Å²) in [5, 5.41) is 0. The number of hydrogen-bond donors (Lipinski definition) is 2. The number of rotatable bonds is 5. The molecule has 0 radical (unpaired) electrons. The minimum Gasteiger partial charge on any atom is -0.496 e. The lowest BCUT2D eigenvalue weighted by Gasteiger charge is -2.18. The van der Waals surface area contributed by atoms with E-state index in [1.165, 1.54) is 3.57 Å². The Morgan fingerprint density at radius 2 is 1.95 bits per heavy atom. The molecule has 1 atom stereocenters. The van der Waals surface area contributed by atoms with Crippen molar-refractivity contribution in [2.75, 3.05) is 7.11 Å². The Morgan fingerprint density at radius 1 is 1.25 bits per heavy atom. The number of methoxy groups -OCH3 is 1. The topological polar surface area (TPSA) is 47.3 Å². The average molecular weight is 447 g/mol. The standard InChI is InChI=1S/C15H16BrIN2O/c1-20-15-7-4-12(16)8-11(15)9-14(19-18)10-2-5-13(17)6-3-10/h2-8,14,19H,9,18H2,1H3. The van der Waals surface area contributed by atoms with Crippen LogP contribution in [0, 0.1) is 3.57 Å². The summed E-state index contributed by atoms with van der Waals surface area (Å²) < 4.78 is 7.65. The zero-order valence-corrected chi connectivity index (χ0v) is 14.8. The van der Waals surface area contributed by atoms with Crippen LogP contribution in [0.5, 0.6) is 5.75 Å². The fourth-order valence-electron chi connectivity index (χ4n) is 2.09. The van der Waals surface area contributed by atoms with Gasteiger partial charge in [0.1, 0.15) is 5.75 Å². The third kappa shape index (κ3) is 3.94. The van der Waals surface area contributed by atoms with Crippen molar-refractivity contribution in [3.05, 3.63) is 61.6 Å². The van der Waals surface area contributed by atoms with Gasteiger partial charge in [0.05, 0.1) is 13.2 Å². The molecule has 0 aromatic heterocycles. The SMILES string of the molecule is COc1ccc(Br)cc1CC(NN)c1ccc(I)cc1. The normalized spacial score (nSPS) is 12.2. The maximum Gasteiger partial charge on any atom is 0.122 e. The first-order valence-electron chi connectivity index (χ1n) is 6.18. The Balaban J connectivity index is 2.26. The molecule has 0 saturated heterocycles. The zero-order valence-electron chi connectivity index (χ0n) is 11.1. The number of hydrogen-bond acceptors (Lipinski definition) is 3. The Bertz CT molecular complexity index is 575. The van der Waals surface area contributed by atoms with Crippen LogP contribution in [0.15, 0.2) is 46.9 Å². The van der Waals surface area contributed by atoms with Gasteiger partial charge in [-0.25, -0.2) is 0 Å². The van der Waals surface area contributed by atoms with Crippen LogP contribution in [-0.4, -0.2) is 7.11 Å². The molecule has 106 valence electrons. The van der Waals surface area contributed by atoms with E-state index in [0.29, 0.717) is 0 Å². The molecule has 0 spiro atoms. The fourth-order valence-corrected chi connectivity index (χ4v) is 2.86. The summed E-state index contributed by atoms with van der Waals surface area (Å²) in [7, 11) is 1.68. The van der Waals surface area contributed by atoms with Crippen molar-refractivity contribution in [2.24, 2.45) is 5.84 Å². The molecule has 1 unspecified atom stereocenters. The fraction of sp³-hybridized carbons (Fsp3) is 0.200. The molecule has 0 bridgehead atoms. The van der Waals surface area contributed by atoms with Crippen molar-refractivity contribution in [1.29, 1.82) is 0 Å². The van der Waals surface area contributed by atoms with Crippen LogP contribution in [0.4, 0.5) is 0 Å². The summed E-state index contributed by atoms with van der Waals surface area (Å²) >= 11 is 5.79. The summed E-state index contributed by atoms with van der Waals surface area (Å²) in [6, 6.07) is 14.4. The Morgan fingerprint density at radius 3 is 2.55 bits per heavy atom. The molecule has 5 heteroatoms. The molecule has 20 heavy (non-hydrogen) atoms. The molecular formula is C15H16BrIN2O. The van der Waals surface area contributed by atoms with Gasteiger partial charge in [0.2, 0.25) is 0 Å². The number of nitrogens with one attached hydrogen (secondary N) is 1. The molecule has 3 N–H and O–H groups in total. The second-order valence-corrected chi connectivity index (χ2v) is 6.59. The molecule has 2 aromatic carbocycles. The minimum atomic E-state index is 0.0511. The first-order valence-corrected chi connectivity index (χ1v) is 8.05. The highest BCUT2D eigenvalue weighted by Gasteiger charge is 2.14. The highest BCUT2D eigenvalue weighted by molar-refractivity contribution is 14.1. The van der Waals surface area contributed by atoms with Crippen molar-refractivity contribution < 1.29 is 4.74 Å². The smallest absolute Gasteiger partial charge is 0.122 e. The van der Waals surface area contributed by atoms with Crippen LogP contribution in [0.3, 0.4) is 0 Å². The number of ether oxygens (including phenoxy) is 1. The van der Waals surface area contributed by atoms with Gasteiger partial charge in [0, 0.05) is 8.04 Å². The number of hydrazine groups is 1. The zero-order chi connectivity index (χ0) is 14.5. The van der Waals surface area contributed by atoms with E-state index in [9.17, 15) is 0 Å². The van der Waals surface area contributed by atoms with E-state index in [1.807, 2.05) is 12.1 Å². The van der Waals surface area contributed by atoms with E-state index in [0.717, 1.165) is 27.8 Å². The summed E-state index contributed by atoms with van der Waals surface area (Å²) in [5.74, 6) is 6.59. The molecule has 0 amide bonds. The van der Waals surface area contributed by atoms with Crippen LogP contribution < -0.4 is 16.0 Å². The molecule has 0 aliphatic carbocycles. The number of halogens is 2. The highest BCUT2D eigenvalue weighted by atomic mass is 127. The quantitative estimate of drug-likeness (QED) is 0.417. The van der Waals surface area contributed by atoms with Gasteiger partial charge in [0.15, 0.2) is 0 Å². The minimum absolute atomic E-state index is 0.0511. The van der Waals surface area contributed by atoms with Crippen LogP contribution >= 0.6 is 38.5 Å². The van der Waals surface area contributed by atoms with E-state index < -0.39 is 0 Å². The highest BCUT2D eigenvalue weighted by Crippen LogP contribution is 2.28. The molecule has 2 aromatic rings. The van der Waals surface area contributed by atoms with Crippen molar-refractivity contribution >= 4 is 38.5 Å². The van der Waals surface area contributed by atoms with Gasteiger partial charge in [-0.2, -0.15) is 0 Å². The number of benzene rings is 2. The predicted molar refractivity (Wildman–Crippen MR) is 93.6 cm³/mol. The lowest BCUT2D eigenvalue weighted by molar-refractivity contribution is 0.405. The Kier molecular flexibility index (Phi) is 5.83. The Labute approximate surface area is 141 Å². The third-order valence-electron chi connectivity index (χ3n) is 3.14. The van der Waals surface area contributed by atoms with Crippen molar-refractivity contribution in [3.8, 4) is 5.75 Å². The van der Waals surface area contributed by atoms with Crippen LogP contribution in [-0.2, 0) is 6.42 Å². The first-order chi connectivity index (χ1) is 9.63. The van der Waals surface area contributed by atoms with E-state index in [2.05, 4.69) is 74.3 Å². The van der Waals surface area contributed by atoms with Gasteiger partial charge >= 0.3 is 0 Å². The maximum absolute atomic E-state index is 5.72. The second-order valence-electron chi connectivity index (χ2n) is 4.43. The van der Waals surface area contributed by atoms with Gasteiger partial charge in [-0.3, -0.25) is 11.3 Å². The molecule has 0 aliphatic rings. The van der Waals surface area contributed by atoms with Gasteiger partial charge in [-0.1, -0.05) is 28.1 Å². The van der Waals surface area contributed by atoms with Crippen LogP contribution in [0.25, 0.3) is 0 Å². The summed E-state index contributed by atoms with van der Waals surface area (Å²) in [4.78, 5) is 0. The molecule has 0 heterocycles. The summed E-state index contributed by atoms with van der Waals surface area (Å²) in [5.41, 5.74) is 5.16. The molecule has 0 saturated carbocycles. The van der Waals surface area contributed by atoms with E-state index in [4.69, 9.17) is 10.6 Å². The van der Waals surface area contributed by atoms with Crippen molar-refractivity contribution in [2.45, 2.75) is 12.5 Å². The van der Waals surface area contributed by atoms with Gasteiger partial charge in [-0.05, 0) is 70.5 Å². The largest absolute Gasteiger partial charge is 0.496 e. The van der Waals surface area contributed by atoms with Gasteiger partial charge in [0.25, 0.3) is 0 Å². The molecule has 2 rings (SSSR count). The van der Waals surface area contributed by atoms with Crippen LogP contribution in [0.1, 0.15) is 17.2 Å². The van der Waals surface area contributed by atoms with Gasteiger partial charge in [-0.15, -0.1) is 0 Å². The van der Waals surface area contributed by atoms with Gasteiger partial charge < -0.3 is 4.74 Å². The summed E-state index contributed by atoms with van der Waals surface area (Å²) in [6.45, 7) is 0. The molecule has 0 aliphatic heterocycles. The third-order valence-corrected chi connectivity index (χ3v) is 4.35. The van der Waals surface area contributed by atoms with Crippen molar-refractivity contribution in [1.82, 2.24) is 5.43 Å². The van der Waals surface area contributed by atoms with Crippen LogP contribution in [0.2, 0.25) is 0 Å². The monoisotopic (exact) mass is 446 g/mol. The van der Waals surface area contributed by atoms with Crippen molar-refractivity contribution in [3.63, 3.8) is 0 Å². The summed E-state index contributed by atoms with van der Waals surface area (Å²) in [6.07, 6.45) is 0.764. The molecule has 0 fully saturated rings. The maximum atomic E-state index is 5.72. The molecular weight excluding hydrogens is 431 g/mol. The number of nitrogens with two attached hydrogens (primary N) is 1.